The summed E-state index contributed by atoms with van der Waals surface area (Å²) >= 11 is 1.79. The minimum absolute atomic E-state index is 0.219. The maximum absolute atomic E-state index is 9.70. The van der Waals surface area contributed by atoms with Crippen LogP contribution in [0.5, 0.6) is 5.75 Å². The largest absolute Gasteiger partial charge is 0.508 e. The van der Waals surface area contributed by atoms with Crippen molar-refractivity contribution >= 4 is 27.2 Å². The molecule has 1 unspecified atom stereocenters. The van der Waals surface area contributed by atoms with Crippen molar-refractivity contribution in [3.8, 4) is 17.1 Å². The average molecular weight is 336 g/mol. The maximum atomic E-state index is 9.70. The number of aromatic nitrogens is 4. The van der Waals surface area contributed by atoms with Gasteiger partial charge in [-0.15, -0.1) is 16.4 Å². The molecule has 0 spiro atoms. The lowest BCUT2D eigenvalue weighted by atomic mass is 9.89. The molecule has 0 saturated carbocycles. The van der Waals surface area contributed by atoms with Gasteiger partial charge in [-0.2, -0.15) is 0 Å². The van der Waals surface area contributed by atoms with Gasteiger partial charge >= 0.3 is 0 Å². The molecule has 1 aliphatic carbocycles. The summed E-state index contributed by atoms with van der Waals surface area (Å²) in [5.74, 6) is 1.57. The number of fused-ring (bicyclic) bond motifs is 5. The Morgan fingerprint density at radius 1 is 1.33 bits per heavy atom. The van der Waals surface area contributed by atoms with Gasteiger partial charge < -0.3 is 5.11 Å². The Hall–Kier alpha value is -2.47. The summed E-state index contributed by atoms with van der Waals surface area (Å²) in [6.07, 6.45) is 5.18. The molecular weight excluding hydrogens is 320 g/mol. The lowest BCUT2D eigenvalue weighted by Gasteiger charge is -2.17. The monoisotopic (exact) mass is 336 g/mol. The van der Waals surface area contributed by atoms with Crippen LogP contribution in [-0.4, -0.2) is 24.7 Å². The Morgan fingerprint density at radius 2 is 2.25 bits per heavy atom. The summed E-state index contributed by atoms with van der Waals surface area (Å²) < 4.78 is 1.76. The summed E-state index contributed by atoms with van der Waals surface area (Å²) in [4.78, 5) is 11.9. The van der Waals surface area contributed by atoms with E-state index in [-0.39, 0.29) is 5.75 Å². The van der Waals surface area contributed by atoms with Crippen LogP contribution < -0.4 is 0 Å². The van der Waals surface area contributed by atoms with E-state index in [9.17, 15) is 5.11 Å². The van der Waals surface area contributed by atoms with E-state index in [1.807, 2.05) is 6.07 Å². The molecule has 6 heteroatoms. The zero-order valence-electron chi connectivity index (χ0n) is 13.2. The van der Waals surface area contributed by atoms with Gasteiger partial charge in [0.05, 0.1) is 5.39 Å². The smallest absolute Gasteiger partial charge is 0.182 e. The molecule has 120 valence electrons. The highest BCUT2D eigenvalue weighted by Crippen LogP contribution is 2.38. The molecule has 0 fully saturated rings. The highest BCUT2D eigenvalue weighted by atomic mass is 32.1. The first-order valence-electron chi connectivity index (χ1n) is 8.14. The topological polar surface area (TPSA) is 63.3 Å². The first kappa shape index (κ1) is 13.9. The third-order valence-corrected chi connectivity index (χ3v) is 5.90. The number of phenolic OH excluding ortho intramolecular Hbond substituents is 1. The van der Waals surface area contributed by atoms with Crippen LogP contribution in [0.2, 0.25) is 0 Å². The summed E-state index contributed by atoms with van der Waals surface area (Å²) in [6, 6.07) is 7.04. The number of phenols is 1. The van der Waals surface area contributed by atoms with Crippen molar-refractivity contribution in [1.29, 1.82) is 0 Å². The second-order valence-electron chi connectivity index (χ2n) is 6.53. The molecule has 3 aromatic heterocycles. The molecule has 3 heterocycles. The third-order valence-electron chi connectivity index (χ3n) is 4.74. The van der Waals surface area contributed by atoms with Crippen molar-refractivity contribution in [3.63, 3.8) is 0 Å². The molecule has 24 heavy (non-hydrogen) atoms. The van der Waals surface area contributed by atoms with Crippen molar-refractivity contribution in [1.82, 2.24) is 19.6 Å². The highest BCUT2D eigenvalue weighted by molar-refractivity contribution is 7.19. The summed E-state index contributed by atoms with van der Waals surface area (Å²) in [7, 11) is 0. The van der Waals surface area contributed by atoms with Gasteiger partial charge in [-0.05, 0) is 42.9 Å². The summed E-state index contributed by atoms with van der Waals surface area (Å²) in [5.41, 5.74) is 3.08. The minimum Gasteiger partial charge on any atom is -0.508 e. The highest BCUT2D eigenvalue weighted by Gasteiger charge is 2.23. The van der Waals surface area contributed by atoms with E-state index < -0.39 is 0 Å². The number of hydrogen-bond acceptors (Lipinski definition) is 5. The number of aromatic hydroxyl groups is 1. The Bertz CT molecular complexity index is 1080. The van der Waals surface area contributed by atoms with Crippen molar-refractivity contribution in [2.75, 3.05) is 0 Å². The maximum Gasteiger partial charge on any atom is 0.182 e. The molecule has 0 amide bonds. The number of thiophene rings is 1. The van der Waals surface area contributed by atoms with E-state index in [0.717, 1.165) is 40.2 Å². The average Bonchev–Trinajstić information content (AvgIpc) is 3.14. The van der Waals surface area contributed by atoms with Gasteiger partial charge in [0.2, 0.25) is 0 Å². The Labute approximate surface area is 142 Å². The lowest BCUT2D eigenvalue weighted by Crippen LogP contribution is -2.08. The molecule has 0 aliphatic heterocycles. The predicted molar refractivity (Wildman–Crippen MR) is 94.5 cm³/mol. The van der Waals surface area contributed by atoms with E-state index in [2.05, 4.69) is 17.0 Å². The third kappa shape index (κ3) is 2.03. The lowest BCUT2D eigenvalue weighted by molar-refractivity contribution is 0.475. The second kappa shape index (κ2) is 5.01. The molecule has 1 atom stereocenters. The van der Waals surface area contributed by atoms with E-state index >= 15 is 0 Å². The van der Waals surface area contributed by atoms with Crippen LogP contribution in [0.4, 0.5) is 0 Å². The van der Waals surface area contributed by atoms with Crippen molar-refractivity contribution < 1.29 is 5.11 Å². The Kier molecular flexibility index (Phi) is 2.91. The Balaban J connectivity index is 1.76. The van der Waals surface area contributed by atoms with Gasteiger partial charge in [0.1, 0.15) is 16.9 Å². The van der Waals surface area contributed by atoms with E-state index in [0.29, 0.717) is 5.82 Å². The standard InChI is InChI=1S/C18H16N4OS/c1-10-5-6-13-14(7-10)24-18-15(13)17-20-16(21-22(17)9-19-18)11-3-2-4-12(23)8-11/h2-4,8-10,23H,5-7H2,1H3. The normalized spacial score (nSPS) is 17.5. The van der Waals surface area contributed by atoms with Crippen LogP contribution >= 0.6 is 11.3 Å². The van der Waals surface area contributed by atoms with Gasteiger partial charge in [0, 0.05) is 10.4 Å². The molecule has 1 N–H and O–H groups in total. The van der Waals surface area contributed by atoms with Crippen LogP contribution in [0.15, 0.2) is 30.6 Å². The quantitative estimate of drug-likeness (QED) is 0.574. The number of benzene rings is 1. The second-order valence-corrected chi connectivity index (χ2v) is 7.61. The molecule has 0 radical (unpaired) electrons. The fourth-order valence-corrected chi connectivity index (χ4v) is 4.85. The van der Waals surface area contributed by atoms with E-state index in [4.69, 9.17) is 4.98 Å². The fourth-order valence-electron chi connectivity index (χ4n) is 3.51. The van der Waals surface area contributed by atoms with E-state index in [1.165, 1.54) is 16.9 Å². The Morgan fingerprint density at radius 3 is 3.12 bits per heavy atom. The summed E-state index contributed by atoms with van der Waals surface area (Å²) in [6.45, 7) is 2.31. The van der Waals surface area contributed by atoms with Crippen molar-refractivity contribution in [3.05, 3.63) is 41.0 Å². The molecular formula is C18H16N4OS. The zero-order valence-corrected chi connectivity index (χ0v) is 14.0. The molecule has 0 bridgehead atoms. The molecule has 5 nitrogen and oxygen atoms in total. The van der Waals surface area contributed by atoms with Gasteiger partial charge in [-0.3, -0.25) is 0 Å². The van der Waals surface area contributed by atoms with Crippen LogP contribution in [0, 0.1) is 5.92 Å². The first-order valence-corrected chi connectivity index (χ1v) is 8.96. The fraction of sp³-hybridized carbons (Fsp3) is 0.278. The first-order chi connectivity index (χ1) is 11.7. The molecule has 5 rings (SSSR count). The van der Waals surface area contributed by atoms with Gasteiger partial charge in [0.25, 0.3) is 0 Å². The SMILES string of the molecule is CC1CCc2c(sc3ncn4nc(-c5cccc(O)c5)nc4c23)C1. The molecule has 1 aliphatic rings. The van der Waals surface area contributed by atoms with Gasteiger partial charge in [0.15, 0.2) is 11.5 Å². The van der Waals surface area contributed by atoms with Crippen LogP contribution in [0.1, 0.15) is 23.8 Å². The number of nitrogens with zero attached hydrogens (tertiary/aromatic N) is 4. The molecule has 0 saturated heterocycles. The van der Waals surface area contributed by atoms with E-state index in [1.54, 1.807) is 40.4 Å². The number of rotatable bonds is 1. The minimum atomic E-state index is 0.219. The van der Waals surface area contributed by atoms with Crippen LogP contribution in [0.25, 0.3) is 27.3 Å². The molecule has 1 aromatic carbocycles. The molecule has 4 aromatic rings. The number of hydrogen-bond donors (Lipinski definition) is 1. The zero-order chi connectivity index (χ0) is 16.3. The van der Waals surface area contributed by atoms with Crippen LogP contribution in [-0.2, 0) is 12.8 Å². The van der Waals surface area contributed by atoms with Crippen molar-refractivity contribution in [2.45, 2.75) is 26.2 Å². The van der Waals surface area contributed by atoms with Crippen molar-refractivity contribution in [2.24, 2.45) is 5.92 Å². The van der Waals surface area contributed by atoms with Crippen LogP contribution in [0.3, 0.4) is 0 Å². The summed E-state index contributed by atoms with van der Waals surface area (Å²) in [5, 5.41) is 15.4. The number of aryl methyl sites for hydroxylation is 1. The van der Waals surface area contributed by atoms with Gasteiger partial charge in [-0.1, -0.05) is 19.1 Å². The predicted octanol–water partition coefficient (Wildman–Crippen LogP) is 3.84. The van der Waals surface area contributed by atoms with Gasteiger partial charge in [-0.25, -0.2) is 14.5 Å².